The fraction of sp³-hybridized carbons (Fsp3) is 0.333. The van der Waals surface area contributed by atoms with E-state index in [0.29, 0.717) is 17.6 Å². The van der Waals surface area contributed by atoms with Crippen molar-refractivity contribution in [3.63, 3.8) is 0 Å². The summed E-state index contributed by atoms with van der Waals surface area (Å²) < 4.78 is 10.8. The lowest BCUT2D eigenvalue weighted by Gasteiger charge is -2.08. The molecule has 2 rings (SSSR count). The van der Waals surface area contributed by atoms with Crippen LogP contribution in [-0.2, 0) is 6.61 Å². The standard InChI is InChI=1S/C12H15N3O2S/c1-3-13-10-7-11(15-12(14-10)18-2)17-8-9-5-4-6-16-9/h4-7H,3,8H2,1-2H3,(H,13,14,15). The minimum atomic E-state index is 0.364. The zero-order chi connectivity index (χ0) is 12.8. The average molecular weight is 265 g/mol. The van der Waals surface area contributed by atoms with Gasteiger partial charge in [-0.15, -0.1) is 0 Å². The van der Waals surface area contributed by atoms with Gasteiger partial charge in [0.05, 0.1) is 6.26 Å². The molecule has 96 valence electrons. The lowest BCUT2D eigenvalue weighted by atomic mass is 10.5. The van der Waals surface area contributed by atoms with E-state index in [1.807, 2.05) is 25.3 Å². The third kappa shape index (κ3) is 3.40. The van der Waals surface area contributed by atoms with Gasteiger partial charge in [0.1, 0.15) is 18.2 Å². The van der Waals surface area contributed by atoms with E-state index < -0.39 is 0 Å². The summed E-state index contributed by atoms with van der Waals surface area (Å²) in [6, 6.07) is 5.48. The Morgan fingerprint density at radius 1 is 1.44 bits per heavy atom. The van der Waals surface area contributed by atoms with E-state index in [0.717, 1.165) is 18.1 Å². The van der Waals surface area contributed by atoms with E-state index in [9.17, 15) is 0 Å². The van der Waals surface area contributed by atoms with Crippen molar-refractivity contribution in [2.24, 2.45) is 0 Å². The highest BCUT2D eigenvalue weighted by Gasteiger charge is 2.05. The molecule has 0 aliphatic carbocycles. The highest BCUT2D eigenvalue weighted by Crippen LogP contribution is 2.19. The van der Waals surface area contributed by atoms with Gasteiger partial charge in [-0.2, -0.15) is 4.98 Å². The van der Waals surface area contributed by atoms with Gasteiger partial charge in [-0.25, -0.2) is 4.98 Å². The molecule has 0 saturated heterocycles. The number of hydrogen-bond donors (Lipinski definition) is 1. The van der Waals surface area contributed by atoms with Crippen molar-refractivity contribution in [3.8, 4) is 5.88 Å². The minimum absolute atomic E-state index is 0.364. The van der Waals surface area contributed by atoms with E-state index in [2.05, 4.69) is 15.3 Å². The van der Waals surface area contributed by atoms with Crippen molar-refractivity contribution in [2.75, 3.05) is 18.1 Å². The first-order valence-electron chi connectivity index (χ1n) is 5.64. The SMILES string of the molecule is CCNc1cc(OCc2ccco2)nc(SC)n1. The quantitative estimate of drug-likeness (QED) is 0.640. The van der Waals surface area contributed by atoms with Crippen LogP contribution >= 0.6 is 11.8 Å². The molecule has 6 heteroatoms. The lowest BCUT2D eigenvalue weighted by Crippen LogP contribution is -2.03. The first-order chi connectivity index (χ1) is 8.81. The van der Waals surface area contributed by atoms with Crippen LogP contribution in [0.15, 0.2) is 34.0 Å². The van der Waals surface area contributed by atoms with Gasteiger partial charge in [0.15, 0.2) is 5.16 Å². The van der Waals surface area contributed by atoms with Crippen LogP contribution in [0.25, 0.3) is 0 Å². The topological polar surface area (TPSA) is 60.2 Å². The molecule has 0 aromatic carbocycles. The molecule has 5 nitrogen and oxygen atoms in total. The number of rotatable bonds is 6. The molecular formula is C12H15N3O2S. The van der Waals surface area contributed by atoms with Crippen molar-refractivity contribution in [2.45, 2.75) is 18.7 Å². The third-order valence-electron chi connectivity index (χ3n) is 2.17. The van der Waals surface area contributed by atoms with E-state index >= 15 is 0 Å². The molecule has 0 aliphatic heterocycles. The Kier molecular flexibility index (Phi) is 4.46. The van der Waals surface area contributed by atoms with Crippen molar-refractivity contribution in [3.05, 3.63) is 30.2 Å². The molecule has 0 fully saturated rings. The van der Waals surface area contributed by atoms with Crippen LogP contribution in [0.4, 0.5) is 5.82 Å². The Hall–Kier alpha value is -1.69. The molecule has 2 aromatic rings. The summed E-state index contributed by atoms with van der Waals surface area (Å²) in [6.07, 6.45) is 3.55. The molecule has 2 heterocycles. The Morgan fingerprint density at radius 2 is 2.33 bits per heavy atom. The molecule has 1 N–H and O–H groups in total. The fourth-order valence-electron chi connectivity index (χ4n) is 1.38. The second kappa shape index (κ2) is 6.30. The van der Waals surface area contributed by atoms with Gasteiger partial charge in [-0.1, -0.05) is 11.8 Å². The summed E-state index contributed by atoms with van der Waals surface area (Å²) in [7, 11) is 0. The van der Waals surface area contributed by atoms with Crippen molar-refractivity contribution in [1.82, 2.24) is 9.97 Å². The second-order valence-electron chi connectivity index (χ2n) is 3.48. The summed E-state index contributed by atoms with van der Waals surface area (Å²) in [5.41, 5.74) is 0. The Morgan fingerprint density at radius 3 is 3.00 bits per heavy atom. The maximum absolute atomic E-state index is 5.58. The van der Waals surface area contributed by atoms with Gasteiger partial charge >= 0.3 is 0 Å². The second-order valence-corrected chi connectivity index (χ2v) is 4.25. The molecule has 0 radical (unpaired) electrons. The van der Waals surface area contributed by atoms with Gasteiger partial charge in [-0.05, 0) is 25.3 Å². The monoisotopic (exact) mass is 265 g/mol. The fourth-order valence-corrected chi connectivity index (χ4v) is 1.75. The molecule has 0 atom stereocenters. The predicted octanol–water partition coefficient (Wildman–Crippen LogP) is 2.80. The van der Waals surface area contributed by atoms with Gasteiger partial charge in [0.2, 0.25) is 5.88 Å². The largest absolute Gasteiger partial charge is 0.469 e. The van der Waals surface area contributed by atoms with Crippen LogP contribution in [0.5, 0.6) is 5.88 Å². The normalized spacial score (nSPS) is 10.3. The number of aromatic nitrogens is 2. The van der Waals surface area contributed by atoms with Gasteiger partial charge in [0.25, 0.3) is 0 Å². The molecule has 0 amide bonds. The first kappa shape index (κ1) is 12.8. The summed E-state index contributed by atoms with van der Waals surface area (Å²) >= 11 is 1.48. The molecule has 0 unspecified atom stereocenters. The number of anilines is 1. The maximum Gasteiger partial charge on any atom is 0.219 e. The Balaban J connectivity index is 2.08. The number of furan rings is 1. The van der Waals surface area contributed by atoms with E-state index in [1.54, 1.807) is 12.3 Å². The van der Waals surface area contributed by atoms with E-state index in [1.165, 1.54) is 11.8 Å². The summed E-state index contributed by atoms with van der Waals surface area (Å²) in [5.74, 6) is 2.08. The van der Waals surface area contributed by atoms with Crippen LogP contribution in [0.3, 0.4) is 0 Å². The molecule has 0 saturated carbocycles. The van der Waals surface area contributed by atoms with Crippen molar-refractivity contribution < 1.29 is 9.15 Å². The maximum atomic E-state index is 5.58. The van der Waals surface area contributed by atoms with Gasteiger partial charge in [0, 0.05) is 12.6 Å². The zero-order valence-electron chi connectivity index (χ0n) is 10.3. The van der Waals surface area contributed by atoms with Crippen LogP contribution in [0.2, 0.25) is 0 Å². The van der Waals surface area contributed by atoms with Crippen molar-refractivity contribution >= 4 is 17.6 Å². The smallest absolute Gasteiger partial charge is 0.219 e. The van der Waals surface area contributed by atoms with Crippen LogP contribution in [0.1, 0.15) is 12.7 Å². The zero-order valence-corrected chi connectivity index (χ0v) is 11.2. The highest BCUT2D eigenvalue weighted by molar-refractivity contribution is 7.98. The Labute approximate surface area is 110 Å². The third-order valence-corrected chi connectivity index (χ3v) is 2.71. The van der Waals surface area contributed by atoms with Gasteiger partial charge < -0.3 is 14.5 Å². The van der Waals surface area contributed by atoms with Gasteiger partial charge in [-0.3, -0.25) is 0 Å². The average Bonchev–Trinajstić information content (AvgIpc) is 2.89. The number of ether oxygens (including phenoxy) is 1. The lowest BCUT2D eigenvalue weighted by molar-refractivity contribution is 0.258. The molecule has 0 bridgehead atoms. The predicted molar refractivity (Wildman–Crippen MR) is 71.0 cm³/mol. The molecule has 0 spiro atoms. The van der Waals surface area contributed by atoms with E-state index in [4.69, 9.17) is 9.15 Å². The molecule has 0 aliphatic rings. The molecule has 18 heavy (non-hydrogen) atoms. The summed E-state index contributed by atoms with van der Waals surface area (Å²) in [6.45, 7) is 3.19. The number of hydrogen-bond acceptors (Lipinski definition) is 6. The Bertz CT molecular complexity index is 488. The number of nitrogens with one attached hydrogen (secondary N) is 1. The van der Waals surface area contributed by atoms with Crippen LogP contribution in [-0.4, -0.2) is 22.8 Å². The van der Waals surface area contributed by atoms with Crippen LogP contribution in [0, 0.1) is 0 Å². The summed E-state index contributed by atoms with van der Waals surface area (Å²) in [4.78, 5) is 8.61. The molecular weight excluding hydrogens is 250 g/mol. The number of nitrogens with zero attached hydrogens (tertiary/aromatic N) is 2. The van der Waals surface area contributed by atoms with E-state index in [-0.39, 0.29) is 0 Å². The van der Waals surface area contributed by atoms with Crippen molar-refractivity contribution in [1.29, 1.82) is 0 Å². The van der Waals surface area contributed by atoms with Crippen LogP contribution < -0.4 is 10.1 Å². The minimum Gasteiger partial charge on any atom is -0.469 e. The number of thioether (sulfide) groups is 1. The highest BCUT2D eigenvalue weighted by atomic mass is 32.2. The molecule has 2 aromatic heterocycles. The summed E-state index contributed by atoms with van der Waals surface area (Å²) in [5, 5.41) is 3.83. The first-order valence-corrected chi connectivity index (χ1v) is 6.86.